The van der Waals surface area contributed by atoms with E-state index in [2.05, 4.69) is 20.5 Å². The van der Waals surface area contributed by atoms with Crippen molar-refractivity contribution < 1.29 is 14.2 Å². The lowest BCUT2D eigenvalue weighted by Crippen LogP contribution is -2.59. The minimum atomic E-state index is 0.177. The van der Waals surface area contributed by atoms with Crippen LogP contribution >= 0.6 is 11.8 Å². The normalized spacial score (nSPS) is 26.0. The van der Waals surface area contributed by atoms with Gasteiger partial charge in [0, 0.05) is 56.1 Å². The number of thioether (sulfide) groups is 1. The van der Waals surface area contributed by atoms with Crippen LogP contribution in [-0.4, -0.2) is 81.0 Å². The van der Waals surface area contributed by atoms with E-state index in [4.69, 9.17) is 14.2 Å². The van der Waals surface area contributed by atoms with Crippen molar-refractivity contribution in [3.63, 3.8) is 0 Å². The summed E-state index contributed by atoms with van der Waals surface area (Å²) in [6, 6.07) is 5.94. The summed E-state index contributed by atoms with van der Waals surface area (Å²) in [4.78, 5) is 7.03. The molecule has 3 aliphatic heterocycles. The van der Waals surface area contributed by atoms with E-state index in [1.54, 1.807) is 0 Å². The van der Waals surface area contributed by atoms with Crippen LogP contribution in [0.15, 0.2) is 23.2 Å². The summed E-state index contributed by atoms with van der Waals surface area (Å²) in [7, 11) is 1.81. The summed E-state index contributed by atoms with van der Waals surface area (Å²) in [5.41, 5.74) is 1.12. The van der Waals surface area contributed by atoms with E-state index in [1.807, 2.05) is 37.0 Å². The number of hydrogen-bond acceptors (Lipinski definition) is 6. The van der Waals surface area contributed by atoms with Gasteiger partial charge in [-0.15, -0.1) is 0 Å². The number of hydrogen-bond donors (Lipinski definition) is 2. The van der Waals surface area contributed by atoms with Gasteiger partial charge in [-0.05, 0) is 24.3 Å². The molecule has 2 fully saturated rings. The molecular formula is C20H30N4O3S. The highest BCUT2D eigenvalue weighted by molar-refractivity contribution is 7.99. The molecule has 0 amide bonds. The Kier molecular flexibility index (Phi) is 6.49. The van der Waals surface area contributed by atoms with Gasteiger partial charge in [0.05, 0.1) is 26.4 Å². The second-order valence-corrected chi connectivity index (χ2v) is 8.49. The number of fused-ring (bicyclic) bond motifs is 1. The van der Waals surface area contributed by atoms with Crippen molar-refractivity contribution >= 4 is 23.4 Å². The molecule has 3 heterocycles. The molecule has 1 unspecified atom stereocenters. The molecule has 2 saturated heterocycles. The first-order valence-corrected chi connectivity index (χ1v) is 11.2. The van der Waals surface area contributed by atoms with Crippen LogP contribution in [0.5, 0.6) is 11.5 Å². The lowest BCUT2D eigenvalue weighted by Gasteiger charge is -2.43. The van der Waals surface area contributed by atoms with Gasteiger partial charge in [-0.1, -0.05) is 0 Å². The lowest BCUT2D eigenvalue weighted by molar-refractivity contribution is -0.0119. The minimum Gasteiger partial charge on any atom is -0.490 e. The van der Waals surface area contributed by atoms with Crippen molar-refractivity contribution in [1.29, 1.82) is 0 Å². The highest BCUT2D eigenvalue weighted by Gasteiger charge is 2.40. The van der Waals surface area contributed by atoms with E-state index in [0.717, 1.165) is 68.2 Å². The quantitative estimate of drug-likeness (QED) is 0.586. The monoisotopic (exact) mass is 406 g/mol. The molecule has 3 aliphatic rings. The fourth-order valence-electron chi connectivity index (χ4n) is 3.94. The molecule has 1 aromatic rings. The average Bonchev–Trinajstić information content (AvgIpc) is 3.11. The smallest absolute Gasteiger partial charge is 0.195 e. The van der Waals surface area contributed by atoms with Crippen LogP contribution in [0.3, 0.4) is 0 Å². The van der Waals surface area contributed by atoms with Crippen LogP contribution in [0.2, 0.25) is 0 Å². The van der Waals surface area contributed by atoms with Gasteiger partial charge < -0.3 is 24.8 Å². The molecule has 1 atom stereocenters. The van der Waals surface area contributed by atoms with E-state index in [0.29, 0.717) is 13.2 Å². The van der Waals surface area contributed by atoms with Crippen LogP contribution in [-0.2, 0) is 4.74 Å². The number of benzene rings is 1. The molecule has 4 rings (SSSR count). The summed E-state index contributed by atoms with van der Waals surface area (Å²) in [5.74, 6) is 4.74. The van der Waals surface area contributed by atoms with Crippen molar-refractivity contribution in [1.82, 2.24) is 10.2 Å². The molecule has 0 aromatic heterocycles. The number of morpholine rings is 1. The molecule has 2 N–H and O–H groups in total. The van der Waals surface area contributed by atoms with Crippen molar-refractivity contribution in [2.45, 2.75) is 18.4 Å². The molecule has 1 aromatic carbocycles. The molecule has 7 nitrogen and oxygen atoms in total. The highest BCUT2D eigenvalue weighted by atomic mass is 32.2. The largest absolute Gasteiger partial charge is 0.490 e. The number of anilines is 1. The zero-order chi connectivity index (χ0) is 19.2. The van der Waals surface area contributed by atoms with Gasteiger partial charge >= 0.3 is 0 Å². The van der Waals surface area contributed by atoms with Crippen molar-refractivity contribution in [3.05, 3.63) is 18.2 Å². The van der Waals surface area contributed by atoms with Gasteiger partial charge in [-0.3, -0.25) is 9.89 Å². The first kappa shape index (κ1) is 19.7. The van der Waals surface area contributed by atoms with E-state index in [9.17, 15) is 0 Å². The van der Waals surface area contributed by atoms with Gasteiger partial charge in [-0.2, -0.15) is 11.8 Å². The Morgan fingerprint density at radius 1 is 1.18 bits per heavy atom. The number of rotatable bonds is 4. The average molecular weight is 407 g/mol. The first-order valence-electron chi connectivity index (χ1n) is 10.1. The Morgan fingerprint density at radius 3 is 2.75 bits per heavy atom. The zero-order valence-electron chi connectivity index (χ0n) is 16.5. The molecule has 0 saturated carbocycles. The predicted octanol–water partition coefficient (Wildman–Crippen LogP) is 2.04. The summed E-state index contributed by atoms with van der Waals surface area (Å²) in [6.45, 7) is 5.94. The SMILES string of the molecule is CN=C(NCC1(N2CCOCC2)CCSC1)Nc1ccc2c(c1)OCCCO2. The second kappa shape index (κ2) is 9.24. The summed E-state index contributed by atoms with van der Waals surface area (Å²) in [5, 5.41) is 6.96. The van der Waals surface area contributed by atoms with Gasteiger partial charge in [-0.25, -0.2) is 0 Å². The number of guanidine groups is 1. The molecular weight excluding hydrogens is 376 g/mol. The standard InChI is InChI=1S/C20H30N4O3S/c1-21-19(23-16-3-4-17-18(13-16)27-9-2-8-26-17)22-14-20(5-12-28-15-20)24-6-10-25-11-7-24/h3-4,13H,2,5-12,14-15H2,1H3,(H2,21,22,23). The summed E-state index contributed by atoms with van der Waals surface area (Å²) in [6.07, 6.45) is 2.11. The maximum Gasteiger partial charge on any atom is 0.195 e. The molecule has 154 valence electrons. The van der Waals surface area contributed by atoms with Gasteiger partial charge in [0.25, 0.3) is 0 Å². The molecule has 0 aliphatic carbocycles. The number of aliphatic imine (C=N–C) groups is 1. The van der Waals surface area contributed by atoms with Gasteiger partial charge in [0.1, 0.15) is 0 Å². The lowest BCUT2D eigenvalue weighted by atomic mass is 9.95. The Balaban J connectivity index is 1.40. The maximum atomic E-state index is 5.79. The molecule has 8 heteroatoms. The van der Waals surface area contributed by atoms with Crippen molar-refractivity contribution in [3.8, 4) is 11.5 Å². The van der Waals surface area contributed by atoms with E-state index < -0.39 is 0 Å². The molecule has 0 spiro atoms. The highest BCUT2D eigenvalue weighted by Crippen LogP contribution is 2.34. The third kappa shape index (κ3) is 4.50. The number of nitrogens with zero attached hydrogens (tertiary/aromatic N) is 2. The summed E-state index contributed by atoms with van der Waals surface area (Å²) >= 11 is 2.04. The fraction of sp³-hybridized carbons (Fsp3) is 0.650. The van der Waals surface area contributed by atoms with E-state index in [-0.39, 0.29) is 5.54 Å². The second-order valence-electron chi connectivity index (χ2n) is 7.39. The molecule has 28 heavy (non-hydrogen) atoms. The van der Waals surface area contributed by atoms with Crippen molar-refractivity contribution in [2.75, 3.05) is 69.9 Å². The topological polar surface area (TPSA) is 67.4 Å². The number of ether oxygens (including phenoxy) is 3. The van der Waals surface area contributed by atoms with Crippen LogP contribution in [0.1, 0.15) is 12.8 Å². The zero-order valence-corrected chi connectivity index (χ0v) is 17.4. The number of nitrogens with one attached hydrogen (secondary N) is 2. The predicted molar refractivity (Wildman–Crippen MR) is 114 cm³/mol. The van der Waals surface area contributed by atoms with Gasteiger partial charge in [0.2, 0.25) is 0 Å². The fourth-order valence-corrected chi connectivity index (χ4v) is 5.42. The van der Waals surface area contributed by atoms with Crippen LogP contribution in [0.4, 0.5) is 5.69 Å². The maximum absolute atomic E-state index is 5.79. The third-order valence-corrected chi connectivity index (χ3v) is 6.82. The van der Waals surface area contributed by atoms with E-state index >= 15 is 0 Å². The molecule has 0 radical (unpaired) electrons. The Morgan fingerprint density at radius 2 is 2.00 bits per heavy atom. The van der Waals surface area contributed by atoms with Crippen LogP contribution < -0.4 is 20.1 Å². The Labute approximate surface area is 171 Å². The van der Waals surface area contributed by atoms with Gasteiger partial charge in [0.15, 0.2) is 17.5 Å². The molecule has 0 bridgehead atoms. The third-order valence-electron chi connectivity index (χ3n) is 5.58. The summed E-state index contributed by atoms with van der Waals surface area (Å²) < 4.78 is 17.1. The Hall–Kier alpha value is -1.64. The Bertz CT molecular complexity index is 688. The van der Waals surface area contributed by atoms with Crippen molar-refractivity contribution in [2.24, 2.45) is 4.99 Å². The minimum absolute atomic E-state index is 0.177. The first-order chi connectivity index (χ1) is 13.8. The van der Waals surface area contributed by atoms with Crippen LogP contribution in [0, 0.1) is 0 Å². The van der Waals surface area contributed by atoms with E-state index in [1.165, 1.54) is 12.2 Å². The van der Waals surface area contributed by atoms with Crippen LogP contribution in [0.25, 0.3) is 0 Å².